The number of pyridine rings is 3. The summed E-state index contributed by atoms with van der Waals surface area (Å²) >= 11 is 1.61. The summed E-state index contributed by atoms with van der Waals surface area (Å²) in [7, 11) is 4.61. The van der Waals surface area contributed by atoms with Crippen molar-refractivity contribution in [2.75, 3.05) is 0 Å². The van der Waals surface area contributed by atoms with Crippen LogP contribution in [0.2, 0.25) is 0 Å². The van der Waals surface area contributed by atoms with E-state index in [1.807, 2.05) is 55.5 Å². The quantitative estimate of drug-likeness (QED) is 0.339. The molecule has 0 aliphatic rings. The van der Waals surface area contributed by atoms with Crippen LogP contribution in [0.4, 0.5) is 0 Å². The predicted octanol–water partition coefficient (Wildman–Crippen LogP) is 5.15. The van der Waals surface area contributed by atoms with Crippen molar-refractivity contribution < 1.29 is 18.8 Å². The summed E-state index contributed by atoms with van der Waals surface area (Å²) in [5, 5.41) is 1.05. The minimum absolute atomic E-state index is 0.884. The van der Waals surface area contributed by atoms with E-state index in [9.17, 15) is 0 Å². The zero-order valence-electron chi connectivity index (χ0n) is 13.4. The number of halogens is 1. The standard InChI is InChI=1S/C20H14N3.ClH.Pt/c1-14-8-9-16-17(19-7-3-5-11-22-19)12-15(13-20(16)23-14)18-6-2-4-10-21-18;;/h2-11,13H,1H3;1H;/q-1;;+2/p-1. The van der Waals surface area contributed by atoms with Crippen LogP contribution in [0, 0.1) is 13.0 Å². The molecule has 25 heavy (non-hydrogen) atoms. The number of aryl methyl sites for hydroxylation is 1. The van der Waals surface area contributed by atoms with Gasteiger partial charge in [-0.1, -0.05) is 52.9 Å². The fourth-order valence-electron chi connectivity index (χ4n) is 2.65. The van der Waals surface area contributed by atoms with Crippen molar-refractivity contribution in [1.82, 2.24) is 15.0 Å². The molecule has 0 aliphatic carbocycles. The van der Waals surface area contributed by atoms with Crippen LogP contribution < -0.4 is 0 Å². The van der Waals surface area contributed by atoms with E-state index in [2.05, 4.69) is 36.5 Å². The predicted molar refractivity (Wildman–Crippen MR) is 97.6 cm³/mol. The normalized spacial score (nSPS) is 10.2. The molecular weight excluding hydrogens is 513 g/mol. The van der Waals surface area contributed by atoms with Crippen molar-refractivity contribution >= 4 is 20.3 Å². The van der Waals surface area contributed by atoms with Crippen LogP contribution in [-0.4, -0.2) is 15.0 Å². The first-order chi connectivity index (χ1) is 12.3. The van der Waals surface area contributed by atoms with Gasteiger partial charge in [-0.05, 0) is 25.1 Å². The van der Waals surface area contributed by atoms with Gasteiger partial charge >= 0.3 is 28.2 Å². The number of hydrogen-bond acceptors (Lipinski definition) is 3. The molecule has 1 aromatic carbocycles. The van der Waals surface area contributed by atoms with Gasteiger partial charge in [-0.2, -0.15) is 0 Å². The van der Waals surface area contributed by atoms with Crippen LogP contribution in [0.3, 0.4) is 0 Å². The monoisotopic (exact) mass is 526 g/mol. The molecule has 0 aliphatic heterocycles. The van der Waals surface area contributed by atoms with Crippen LogP contribution >= 0.6 is 9.42 Å². The summed E-state index contributed by atoms with van der Waals surface area (Å²) in [4.78, 5) is 13.6. The van der Waals surface area contributed by atoms with Gasteiger partial charge in [0.2, 0.25) is 0 Å². The molecule has 0 fully saturated rings. The molecule has 0 amide bonds. The van der Waals surface area contributed by atoms with Gasteiger partial charge in [0.25, 0.3) is 0 Å². The average molecular weight is 527 g/mol. The Morgan fingerprint density at radius 3 is 2.20 bits per heavy atom. The number of benzene rings is 1. The maximum atomic E-state index is 4.67. The van der Waals surface area contributed by atoms with Crippen LogP contribution in [0.25, 0.3) is 33.4 Å². The maximum absolute atomic E-state index is 4.67. The summed E-state index contributed by atoms with van der Waals surface area (Å²) in [6.45, 7) is 2.00. The van der Waals surface area contributed by atoms with Gasteiger partial charge in [0.15, 0.2) is 0 Å². The molecule has 0 N–H and O–H groups in total. The summed E-state index contributed by atoms with van der Waals surface area (Å²) in [5.74, 6) is 0. The Hall–Kier alpha value is -2.09. The molecule has 0 radical (unpaired) electrons. The van der Waals surface area contributed by atoms with Crippen molar-refractivity contribution in [1.29, 1.82) is 0 Å². The van der Waals surface area contributed by atoms with E-state index >= 15 is 0 Å². The first-order valence-corrected chi connectivity index (χ1v) is 10.4. The van der Waals surface area contributed by atoms with E-state index in [1.165, 1.54) is 0 Å². The van der Waals surface area contributed by atoms with Gasteiger partial charge in [-0.25, -0.2) is 0 Å². The molecule has 0 bridgehead atoms. The first kappa shape index (κ1) is 17.7. The van der Waals surface area contributed by atoms with Crippen molar-refractivity contribution in [2.24, 2.45) is 0 Å². The molecule has 4 rings (SSSR count). The number of rotatable bonds is 2. The van der Waals surface area contributed by atoms with Crippen LogP contribution in [-0.2, 0) is 18.8 Å². The van der Waals surface area contributed by atoms with Crippen LogP contribution in [0.1, 0.15) is 5.69 Å². The summed E-state index contributed by atoms with van der Waals surface area (Å²) in [5.41, 5.74) is 5.58. The number of fused-ring (bicyclic) bond motifs is 1. The second kappa shape index (κ2) is 8.33. The Morgan fingerprint density at radius 2 is 1.56 bits per heavy atom. The SMILES string of the molecule is Cc1ccc2c(-c3ccccn3)[c-]c(-c3ccccn3)cc2n1.[Cl][Pt+]. The minimum atomic E-state index is 0.884. The van der Waals surface area contributed by atoms with Crippen molar-refractivity contribution in [3.63, 3.8) is 0 Å². The van der Waals surface area contributed by atoms with Gasteiger partial charge in [0.1, 0.15) is 0 Å². The van der Waals surface area contributed by atoms with E-state index in [1.54, 1.807) is 31.2 Å². The Balaban J connectivity index is 0.000000880. The fraction of sp³-hybridized carbons (Fsp3) is 0.0500. The summed E-state index contributed by atoms with van der Waals surface area (Å²) in [6, 6.07) is 21.4. The molecular formula is C20H14ClN3Pt. The number of hydrogen-bond donors (Lipinski definition) is 0. The molecule has 0 saturated heterocycles. The molecule has 3 nitrogen and oxygen atoms in total. The van der Waals surface area contributed by atoms with Crippen molar-refractivity contribution in [2.45, 2.75) is 6.92 Å². The third-order valence-electron chi connectivity index (χ3n) is 3.74. The molecule has 4 aromatic rings. The number of aromatic nitrogens is 3. The summed E-state index contributed by atoms with van der Waals surface area (Å²) < 4.78 is 0. The van der Waals surface area contributed by atoms with E-state index in [0.717, 1.165) is 39.1 Å². The Labute approximate surface area is 162 Å². The molecule has 3 aromatic heterocycles. The third-order valence-corrected chi connectivity index (χ3v) is 3.74. The van der Waals surface area contributed by atoms with Gasteiger partial charge in [-0.3, -0.25) is 15.0 Å². The van der Waals surface area contributed by atoms with Crippen molar-refractivity contribution in [3.8, 4) is 22.5 Å². The van der Waals surface area contributed by atoms with E-state index < -0.39 is 0 Å². The Kier molecular flexibility index (Phi) is 5.90. The molecule has 0 saturated carbocycles. The topological polar surface area (TPSA) is 38.7 Å². The molecule has 0 atom stereocenters. The van der Waals surface area contributed by atoms with E-state index in [4.69, 9.17) is 0 Å². The summed E-state index contributed by atoms with van der Waals surface area (Å²) in [6.07, 6.45) is 3.58. The number of nitrogens with zero attached hydrogens (tertiary/aromatic N) is 3. The molecule has 0 spiro atoms. The van der Waals surface area contributed by atoms with Gasteiger partial charge in [0, 0.05) is 35.0 Å². The van der Waals surface area contributed by atoms with E-state index in [0.29, 0.717) is 0 Å². The second-order valence-electron chi connectivity index (χ2n) is 5.37. The van der Waals surface area contributed by atoms with Gasteiger partial charge in [-0.15, -0.1) is 6.07 Å². The third kappa shape index (κ3) is 3.95. The Bertz CT molecular complexity index is 976. The zero-order valence-corrected chi connectivity index (χ0v) is 16.4. The van der Waals surface area contributed by atoms with Gasteiger partial charge in [0.05, 0.1) is 0 Å². The fourth-order valence-corrected chi connectivity index (χ4v) is 2.65. The van der Waals surface area contributed by atoms with Crippen LogP contribution in [0.15, 0.2) is 67.0 Å². The first-order valence-electron chi connectivity index (χ1n) is 7.60. The zero-order chi connectivity index (χ0) is 17.6. The van der Waals surface area contributed by atoms with Gasteiger partial charge < -0.3 is 0 Å². The van der Waals surface area contributed by atoms with E-state index in [-0.39, 0.29) is 0 Å². The average Bonchev–Trinajstić information content (AvgIpc) is 2.70. The molecule has 0 unspecified atom stereocenters. The second-order valence-corrected chi connectivity index (χ2v) is 5.37. The molecule has 126 valence electrons. The van der Waals surface area contributed by atoms with Crippen LogP contribution in [0.5, 0.6) is 0 Å². The van der Waals surface area contributed by atoms with Crippen molar-refractivity contribution in [3.05, 3.63) is 78.8 Å². The Morgan fingerprint density at radius 1 is 0.880 bits per heavy atom. The molecule has 5 heteroatoms. The molecule has 3 heterocycles.